The van der Waals surface area contributed by atoms with Crippen molar-refractivity contribution in [3.8, 4) is 0 Å². The number of halogens is 1. The Morgan fingerprint density at radius 3 is 2.88 bits per heavy atom. The van der Waals surface area contributed by atoms with Gasteiger partial charge in [0.15, 0.2) is 0 Å². The van der Waals surface area contributed by atoms with E-state index in [2.05, 4.69) is 48.1 Å². The molecule has 3 unspecified atom stereocenters. The molecule has 1 aliphatic heterocycles. The van der Waals surface area contributed by atoms with Gasteiger partial charge in [-0.15, -0.1) is 11.3 Å². The van der Waals surface area contributed by atoms with E-state index >= 15 is 0 Å². The standard InChI is InChI=1S/C13H20BrNOS/c1-4-15-12(13-8(2)5-6-16-13)10-7-11(14)17-9(10)3/h7-8,12-13,15H,4-6H2,1-3H3. The second-order valence-corrected chi connectivity index (χ2v) is 7.33. The van der Waals surface area contributed by atoms with Crippen molar-refractivity contribution in [3.63, 3.8) is 0 Å². The van der Waals surface area contributed by atoms with Crippen LogP contribution in [0.4, 0.5) is 0 Å². The molecule has 0 radical (unpaired) electrons. The molecule has 17 heavy (non-hydrogen) atoms. The van der Waals surface area contributed by atoms with Crippen molar-refractivity contribution in [2.75, 3.05) is 13.2 Å². The predicted molar refractivity (Wildman–Crippen MR) is 76.7 cm³/mol. The molecule has 0 spiro atoms. The van der Waals surface area contributed by atoms with E-state index in [4.69, 9.17) is 4.74 Å². The van der Waals surface area contributed by atoms with E-state index < -0.39 is 0 Å². The molecule has 0 aliphatic carbocycles. The maximum atomic E-state index is 5.93. The molecule has 2 heterocycles. The zero-order valence-electron chi connectivity index (χ0n) is 10.6. The highest BCUT2D eigenvalue weighted by Crippen LogP contribution is 2.37. The molecular formula is C13H20BrNOS. The first-order valence-electron chi connectivity index (χ1n) is 6.24. The summed E-state index contributed by atoms with van der Waals surface area (Å²) < 4.78 is 7.13. The Morgan fingerprint density at radius 2 is 2.41 bits per heavy atom. The molecule has 0 saturated carbocycles. The van der Waals surface area contributed by atoms with E-state index in [1.54, 1.807) is 11.3 Å². The van der Waals surface area contributed by atoms with Crippen molar-refractivity contribution in [1.82, 2.24) is 5.32 Å². The van der Waals surface area contributed by atoms with Crippen LogP contribution in [0, 0.1) is 12.8 Å². The van der Waals surface area contributed by atoms with E-state index in [0.717, 1.165) is 13.2 Å². The van der Waals surface area contributed by atoms with Gasteiger partial charge in [-0.3, -0.25) is 0 Å². The molecule has 96 valence electrons. The molecule has 4 heteroatoms. The van der Waals surface area contributed by atoms with Crippen LogP contribution < -0.4 is 5.32 Å². The fourth-order valence-corrected chi connectivity index (χ4v) is 4.29. The van der Waals surface area contributed by atoms with Crippen LogP contribution in [0.5, 0.6) is 0 Å². The van der Waals surface area contributed by atoms with Crippen LogP contribution in [0.25, 0.3) is 0 Å². The molecule has 2 nitrogen and oxygen atoms in total. The van der Waals surface area contributed by atoms with Gasteiger partial charge >= 0.3 is 0 Å². The number of rotatable bonds is 4. The lowest BCUT2D eigenvalue weighted by atomic mass is 9.93. The van der Waals surface area contributed by atoms with Crippen LogP contribution in [0.2, 0.25) is 0 Å². The minimum Gasteiger partial charge on any atom is -0.376 e. The molecule has 1 fully saturated rings. The van der Waals surface area contributed by atoms with Crippen molar-refractivity contribution in [1.29, 1.82) is 0 Å². The summed E-state index contributed by atoms with van der Waals surface area (Å²) in [6, 6.07) is 2.57. The molecule has 0 bridgehead atoms. The summed E-state index contributed by atoms with van der Waals surface area (Å²) >= 11 is 5.38. The SMILES string of the molecule is CCNC(c1cc(Br)sc1C)C1OCCC1C. The van der Waals surface area contributed by atoms with Crippen molar-refractivity contribution < 1.29 is 4.74 Å². The maximum absolute atomic E-state index is 5.93. The first kappa shape index (κ1) is 13.5. The number of aryl methyl sites for hydroxylation is 1. The van der Waals surface area contributed by atoms with Gasteiger partial charge in [-0.25, -0.2) is 0 Å². The Kier molecular flexibility index (Phi) is 4.64. The molecule has 0 aromatic carbocycles. The summed E-state index contributed by atoms with van der Waals surface area (Å²) in [5, 5.41) is 3.59. The Bertz CT molecular complexity index is 379. The highest BCUT2D eigenvalue weighted by molar-refractivity contribution is 9.11. The summed E-state index contributed by atoms with van der Waals surface area (Å²) in [5.41, 5.74) is 1.39. The van der Waals surface area contributed by atoms with Gasteiger partial charge in [0.1, 0.15) is 0 Å². The Balaban J connectivity index is 2.25. The molecule has 0 amide bonds. The van der Waals surface area contributed by atoms with Gasteiger partial charge < -0.3 is 10.1 Å². The van der Waals surface area contributed by atoms with E-state index in [-0.39, 0.29) is 0 Å². The summed E-state index contributed by atoms with van der Waals surface area (Å²) in [4.78, 5) is 1.38. The smallest absolute Gasteiger partial charge is 0.0796 e. The Labute approximate surface area is 116 Å². The number of thiophene rings is 1. The zero-order valence-corrected chi connectivity index (χ0v) is 13.0. The minimum atomic E-state index is 0.315. The van der Waals surface area contributed by atoms with Crippen LogP contribution in [-0.2, 0) is 4.74 Å². The average molecular weight is 318 g/mol. The van der Waals surface area contributed by atoms with Gasteiger partial charge in [0.2, 0.25) is 0 Å². The van der Waals surface area contributed by atoms with Crippen molar-refractivity contribution in [3.05, 3.63) is 20.3 Å². The first-order chi connectivity index (χ1) is 8.13. The van der Waals surface area contributed by atoms with Crippen LogP contribution >= 0.6 is 27.3 Å². The largest absolute Gasteiger partial charge is 0.376 e. The third-order valence-corrected chi connectivity index (χ3v) is 5.03. The highest BCUT2D eigenvalue weighted by Gasteiger charge is 2.33. The maximum Gasteiger partial charge on any atom is 0.0796 e. The fraction of sp³-hybridized carbons (Fsp3) is 0.692. The monoisotopic (exact) mass is 317 g/mol. The minimum absolute atomic E-state index is 0.315. The van der Waals surface area contributed by atoms with Gasteiger partial charge in [-0.05, 0) is 53.4 Å². The second-order valence-electron chi connectivity index (χ2n) is 4.70. The average Bonchev–Trinajstić information content (AvgIpc) is 2.82. The number of ether oxygens (including phenoxy) is 1. The van der Waals surface area contributed by atoms with E-state index in [0.29, 0.717) is 18.1 Å². The quantitative estimate of drug-likeness (QED) is 0.909. The Hall–Kier alpha value is 0.1000. The highest BCUT2D eigenvalue weighted by atomic mass is 79.9. The fourth-order valence-electron chi connectivity index (χ4n) is 2.53. The van der Waals surface area contributed by atoms with Crippen molar-refractivity contribution in [2.24, 2.45) is 5.92 Å². The molecule has 2 rings (SSSR count). The zero-order chi connectivity index (χ0) is 12.4. The molecule has 1 saturated heterocycles. The van der Waals surface area contributed by atoms with Crippen LogP contribution in [0.15, 0.2) is 9.85 Å². The number of hydrogen-bond donors (Lipinski definition) is 1. The van der Waals surface area contributed by atoms with Crippen LogP contribution in [0.3, 0.4) is 0 Å². The van der Waals surface area contributed by atoms with Crippen LogP contribution in [-0.4, -0.2) is 19.3 Å². The van der Waals surface area contributed by atoms with Crippen molar-refractivity contribution >= 4 is 27.3 Å². The summed E-state index contributed by atoms with van der Waals surface area (Å²) in [5.74, 6) is 0.636. The van der Waals surface area contributed by atoms with Crippen molar-refractivity contribution in [2.45, 2.75) is 39.3 Å². The second kappa shape index (κ2) is 5.83. The third-order valence-electron chi connectivity index (χ3n) is 3.46. The van der Waals surface area contributed by atoms with E-state index in [9.17, 15) is 0 Å². The number of likely N-dealkylation sites (N-methyl/N-ethyl adjacent to an activating group) is 1. The summed E-state index contributed by atoms with van der Waals surface area (Å²) in [7, 11) is 0. The topological polar surface area (TPSA) is 21.3 Å². The predicted octanol–water partition coefficient (Wildman–Crippen LogP) is 3.89. The van der Waals surface area contributed by atoms with Gasteiger partial charge in [0.05, 0.1) is 15.9 Å². The molecule has 1 aromatic heterocycles. The third kappa shape index (κ3) is 2.92. The number of nitrogens with one attached hydrogen (secondary N) is 1. The van der Waals surface area contributed by atoms with Crippen LogP contribution in [0.1, 0.15) is 36.8 Å². The summed E-state index contributed by atoms with van der Waals surface area (Å²) in [6.07, 6.45) is 1.49. The van der Waals surface area contributed by atoms with E-state index in [1.807, 2.05) is 0 Å². The lowest BCUT2D eigenvalue weighted by Crippen LogP contribution is -2.34. The lowest BCUT2D eigenvalue weighted by Gasteiger charge is -2.27. The molecule has 1 N–H and O–H groups in total. The molecular weight excluding hydrogens is 298 g/mol. The van der Waals surface area contributed by atoms with E-state index in [1.165, 1.54) is 20.6 Å². The molecule has 3 atom stereocenters. The normalized spacial score (nSPS) is 26.4. The Morgan fingerprint density at radius 1 is 1.65 bits per heavy atom. The first-order valence-corrected chi connectivity index (χ1v) is 7.85. The lowest BCUT2D eigenvalue weighted by molar-refractivity contribution is 0.0611. The van der Waals surface area contributed by atoms with Gasteiger partial charge in [0, 0.05) is 11.5 Å². The van der Waals surface area contributed by atoms with Gasteiger partial charge in [-0.1, -0.05) is 13.8 Å². The molecule has 1 aliphatic rings. The summed E-state index contributed by atoms with van der Waals surface area (Å²) in [6.45, 7) is 8.51. The van der Waals surface area contributed by atoms with Gasteiger partial charge in [-0.2, -0.15) is 0 Å². The molecule has 1 aromatic rings. The number of hydrogen-bond acceptors (Lipinski definition) is 3. The van der Waals surface area contributed by atoms with Gasteiger partial charge in [0.25, 0.3) is 0 Å².